The normalized spacial score (nSPS) is 12.0. The fourth-order valence-corrected chi connectivity index (χ4v) is 3.07. The van der Waals surface area contributed by atoms with Gasteiger partial charge in [0.05, 0.1) is 33.4 Å². The van der Waals surface area contributed by atoms with Gasteiger partial charge >= 0.3 is 12.2 Å². The largest absolute Gasteiger partial charge is 0.417 e. The van der Waals surface area contributed by atoms with E-state index in [-0.39, 0.29) is 22.6 Å². The molecule has 0 radical (unpaired) electrons. The number of carbonyl (C=O) groups is 1. The summed E-state index contributed by atoms with van der Waals surface area (Å²) in [4.78, 5) is 27.3. The number of amides is 1. The number of aromatic amines is 1. The highest BCUT2D eigenvalue weighted by molar-refractivity contribution is 6.31. The van der Waals surface area contributed by atoms with Crippen molar-refractivity contribution in [3.8, 4) is 16.9 Å². The molecule has 2 aliphatic heterocycles. The molecular formula is C16H10ClF3N6O2. The number of benzene rings is 1. The lowest BCUT2D eigenvalue weighted by molar-refractivity contribution is -0.137. The number of hydrogen-bond acceptors (Lipinski definition) is 4. The van der Waals surface area contributed by atoms with E-state index in [4.69, 9.17) is 11.6 Å². The van der Waals surface area contributed by atoms with Crippen LogP contribution in [0.3, 0.4) is 0 Å². The average Bonchev–Trinajstić information content (AvgIpc) is 3.22. The minimum Gasteiger partial charge on any atom is -0.345 e. The second-order valence-corrected chi connectivity index (χ2v) is 6.21. The summed E-state index contributed by atoms with van der Waals surface area (Å²) in [5.74, 6) is 0. The zero-order chi connectivity index (χ0) is 20.2. The average molecular weight is 411 g/mol. The third-order valence-corrected chi connectivity index (χ3v) is 4.49. The number of halogens is 4. The molecule has 0 bridgehead atoms. The number of alkyl halides is 3. The summed E-state index contributed by atoms with van der Waals surface area (Å²) >= 11 is 5.63. The molecule has 0 unspecified atom stereocenters. The molecule has 28 heavy (non-hydrogen) atoms. The van der Waals surface area contributed by atoms with Crippen molar-refractivity contribution in [2.75, 3.05) is 7.05 Å². The van der Waals surface area contributed by atoms with Crippen LogP contribution in [0.1, 0.15) is 5.56 Å². The highest BCUT2D eigenvalue weighted by Gasteiger charge is 2.34. The van der Waals surface area contributed by atoms with Gasteiger partial charge in [-0.3, -0.25) is 4.79 Å². The lowest BCUT2D eigenvalue weighted by Gasteiger charge is -2.10. The van der Waals surface area contributed by atoms with Crippen molar-refractivity contribution < 1.29 is 18.0 Å². The van der Waals surface area contributed by atoms with Gasteiger partial charge in [-0.25, -0.2) is 4.79 Å². The molecule has 0 saturated heterocycles. The van der Waals surface area contributed by atoms with Crippen LogP contribution in [-0.4, -0.2) is 37.6 Å². The van der Waals surface area contributed by atoms with Crippen molar-refractivity contribution in [3.05, 3.63) is 51.5 Å². The van der Waals surface area contributed by atoms with Crippen molar-refractivity contribution >= 4 is 28.7 Å². The fourth-order valence-electron chi connectivity index (χ4n) is 2.84. The number of nitrogens with one attached hydrogen (secondary N) is 2. The van der Waals surface area contributed by atoms with E-state index in [1.807, 2.05) is 0 Å². The van der Waals surface area contributed by atoms with Gasteiger partial charge in [0.25, 0.3) is 5.56 Å². The van der Waals surface area contributed by atoms with E-state index in [0.29, 0.717) is 5.39 Å². The molecule has 144 valence electrons. The summed E-state index contributed by atoms with van der Waals surface area (Å²) in [6.07, 6.45) is -2.02. The van der Waals surface area contributed by atoms with Crippen LogP contribution in [0.2, 0.25) is 5.02 Å². The number of nitrogens with zero attached hydrogens (tertiary/aromatic N) is 4. The Morgan fingerprint density at radius 2 is 2.07 bits per heavy atom. The Labute approximate surface area is 158 Å². The van der Waals surface area contributed by atoms with Gasteiger partial charge in [0, 0.05) is 13.2 Å². The second kappa shape index (κ2) is 6.09. The van der Waals surface area contributed by atoms with Crippen LogP contribution < -0.4 is 10.9 Å². The summed E-state index contributed by atoms with van der Waals surface area (Å²) in [5, 5.41) is 10.4. The zero-order valence-corrected chi connectivity index (χ0v) is 14.8. The smallest absolute Gasteiger partial charge is 0.345 e. The molecule has 12 heteroatoms. The van der Waals surface area contributed by atoms with Gasteiger partial charge in [-0.05, 0) is 18.2 Å². The van der Waals surface area contributed by atoms with Gasteiger partial charge in [0.2, 0.25) is 0 Å². The molecule has 0 spiro atoms. The SMILES string of the molecule is CNC(=O)n1ncc2c3nn(-c4ccc(Cl)c(C(F)(F)F)c4)c(=O)c-3c[nH]c21. The molecule has 2 N–H and O–H groups in total. The van der Waals surface area contributed by atoms with Crippen LogP contribution in [-0.2, 0) is 6.18 Å². The molecule has 1 amide bonds. The van der Waals surface area contributed by atoms with E-state index < -0.39 is 28.4 Å². The first-order valence-corrected chi connectivity index (χ1v) is 8.17. The van der Waals surface area contributed by atoms with E-state index in [1.54, 1.807) is 0 Å². The summed E-state index contributed by atoms with van der Waals surface area (Å²) in [5.41, 5.74) is -1.19. The molecule has 0 aliphatic carbocycles. The predicted molar refractivity (Wildman–Crippen MR) is 94.0 cm³/mol. The van der Waals surface area contributed by atoms with Crippen molar-refractivity contribution in [3.63, 3.8) is 0 Å². The van der Waals surface area contributed by atoms with Crippen molar-refractivity contribution in [1.82, 2.24) is 29.9 Å². The highest BCUT2D eigenvalue weighted by atomic mass is 35.5. The summed E-state index contributed by atoms with van der Waals surface area (Å²) in [6, 6.07) is 2.56. The molecule has 2 aromatic rings. The quantitative estimate of drug-likeness (QED) is 0.504. The molecular weight excluding hydrogens is 401 g/mol. The molecule has 0 fully saturated rings. The van der Waals surface area contributed by atoms with Crippen LogP contribution in [0.4, 0.5) is 18.0 Å². The van der Waals surface area contributed by atoms with Gasteiger partial charge < -0.3 is 10.3 Å². The number of rotatable bonds is 1. The predicted octanol–water partition coefficient (Wildman–Crippen LogP) is 2.87. The number of fused-ring (bicyclic) bond motifs is 3. The third kappa shape index (κ3) is 2.62. The lowest BCUT2D eigenvalue weighted by atomic mass is 10.2. The Bertz CT molecular complexity index is 1260. The van der Waals surface area contributed by atoms with E-state index in [1.165, 1.54) is 25.5 Å². The number of H-pyrrole nitrogens is 1. The van der Waals surface area contributed by atoms with Gasteiger partial charge in [-0.1, -0.05) is 11.6 Å². The first-order valence-electron chi connectivity index (χ1n) is 7.79. The van der Waals surface area contributed by atoms with Gasteiger partial charge in [0.1, 0.15) is 11.3 Å². The molecule has 8 nitrogen and oxygen atoms in total. The number of pyridine rings is 1. The molecule has 2 aliphatic rings. The van der Waals surface area contributed by atoms with E-state index in [2.05, 4.69) is 20.5 Å². The number of carbonyl (C=O) groups excluding carboxylic acids is 1. The van der Waals surface area contributed by atoms with Crippen LogP contribution in [0.25, 0.3) is 28.0 Å². The van der Waals surface area contributed by atoms with E-state index in [0.717, 1.165) is 21.5 Å². The lowest BCUT2D eigenvalue weighted by Crippen LogP contribution is -2.25. The monoisotopic (exact) mass is 410 g/mol. The molecule has 3 heterocycles. The maximum Gasteiger partial charge on any atom is 0.417 e. The minimum atomic E-state index is -4.68. The minimum absolute atomic E-state index is 0.0928. The van der Waals surface area contributed by atoms with Crippen LogP contribution in [0.5, 0.6) is 0 Å². The first-order chi connectivity index (χ1) is 13.2. The third-order valence-electron chi connectivity index (χ3n) is 4.16. The first kappa shape index (κ1) is 18.0. The van der Waals surface area contributed by atoms with Gasteiger partial charge in [0.15, 0.2) is 0 Å². The molecule has 4 rings (SSSR count). The maximum absolute atomic E-state index is 13.1. The standard InChI is InChI=1S/C16H10ClF3N6O2/c1-21-15(28)26-13-8(6-23-26)12-9(5-22-13)14(27)25(24-12)7-2-3-11(17)10(4-7)16(18,19)20/h2-6,22H,1H3,(H,21,28). The molecule has 0 atom stereocenters. The molecule has 0 saturated carbocycles. The Morgan fingerprint density at radius 3 is 2.75 bits per heavy atom. The Kier molecular flexibility index (Phi) is 3.93. The van der Waals surface area contributed by atoms with Crippen molar-refractivity contribution in [2.24, 2.45) is 0 Å². The number of hydrogen-bond donors (Lipinski definition) is 2. The Morgan fingerprint density at radius 1 is 1.32 bits per heavy atom. The van der Waals surface area contributed by atoms with E-state index in [9.17, 15) is 22.8 Å². The molecule has 1 aromatic heterocycles. The van der Waals surface area contributed by atoms with Crippen LogP contribution in [0, 0.1) is 0 Å². The highest BCUT2D eigenvalue weighted by Crippen LogP contribution is 2.36. The van der Waals surface area contributed by atoms with Gasteiger partial charge in [-0.2, -0.15) is 32.7 Å². The summed E-state index contributed by atoms with van der Waals surface area (Å²) < 4.78 is 41.3. The van der Waals surface area contributed by atoms with E-state index >= 15 is 0 Å². The van der Waals surface area contributed by atoms with Crippen molar-refractivity contribution in [2.45, 2.75) is 6.18 Å². The Hall–Kier alpha value is -3.34. The number of aromatic nitrogens is 5. The zero-order valence-electron chi connectivity index (χ0n) is 14.0. The van der Waals surface area contributed by atoms with Crippen LogP contribution >= 0.6 is 11.6 Å². The summed E-state index contributed by atoms with van der Waals surface area (Å²) in [6.45, 7) is 0. The topological polar surface area (TPSA) is 97.6 Å². The molecule has 1 aromatic carbocycles. The maximum atomic E-state index is 13.1. The second-order valence-electron chi connectivity index (χ2n) is 5.80. The Balaban J connectivity index is 1.95. The van der Waals surface area contributed by atoms with Crippen LogP contribution in [0.15, 0.2) is 35.4 Å². The van der Waals surface area contributed by atoms with Gasteiger partial charge in [-0.15, -0.1) is 0 Å². The summed E-state index contributed by atoms with van der Waals surface area (Å²) in [7, 11) is 1.43. The van der Waals surface area contributed by atoms with Crippen molar-refractivity contribution in [1.29, 1.82) is 0 Å². The fraction of sp³-hybridized carbons (Fsp3) is 0.125.